The highest BCUT2D eigenvalue weighted by Crippen LogP contribution is 2.26. The normalized spacial score (nSPS) is 16.3. The lowest BCUT2D eigenvalue weighted by Gasteiger charge is -2.23. The van der Waals surface area contributed by atoms with Gasteiger partial charge in [0.05, 0.1) is 21.1 Å². The van der Waals surface area contributed by atoms with E-state index in [0.717, 1.165) is 26.5 Å². The Kier molecular flexibility index (Phi) is 5.87. The molecule has 2 aromatic carbocycles. The number of rotatable bonds is 5. The first-order valence-electron chi connectivity index (χ1n) is 9.61. The third-order valence-electron chi connectivity index (χ3n) is 5.17. The van der Waals surface area contributed by atoms with Crippen LogP contribution in [0.4, 0.5) is 5.69 Å². The number of para-hydroxylation sites is 1. The monoisotopic (exact) mass is 425 g/mol. The third-order valence-corrected chi connectivity index (χ3v) is 7.28. The van der Waals surface area contributed by atoms with Crippen molar-refractivity contribution in [3.05, 3.63) is 58.6 Å². The molecule has 7 heteroatoms. The number of thioether (sulfide) groups is 1. The topological polar surface area (TPSA) is 62.3 Å². The molecule has 1 aromatic heterocycles. The van der Waals surface area contributed by atoms with Gasteiger partial charge >= 0.3 is 0 Å². The highest BCUT2D eigenvalue weighted by Gasteiger charge is 2.34. The van der Waals surface area contributed by atoms with Gasteiger partial charge in [-0.15, -0.1) is 23.1 Å². The zero-order chi connectivity index (χ0) is 20.4. The average Bonchev–Trinajstić information content (AvgIpc) is 3.35. The van der Waals surface area contributed by atoms with Crippen LogP contribution < -0.4 is 5.32 Å². The number of thiazole rings is 1. The van der Waals surface area contributed by atoms with E-state index >= 15 is 0 Å². The van der Waals surface area contributed by atoms with Crippen molar-refractivity contribution in [1.82, 2.24) is 9.88 Å². The summed E-state index contributed by atoms with van der Waals surface area (Å²) in [7, 11) is 0. The molecule has 1 fully saturated rings. The molecule has 3 aromatic rings. The first kappa shape index (κ1) is 19.9. The van der Waals surface area contributed by atoms with E-state index in [9.17, 15) is 9.59 Å². The minimum Gasteiger partial charge on any atom is -0.324 e. The lowest BCUT2D eigenvalue weighted by atomic mass is 10.1. The Labute approximate surface area is 178 Å². The number of benzene rings is 2. The smallest absolute Gasteiger partial charge is 0.248 e. The predicted molar refractivity (Wildman–Crippen MR) is 120 cm³/mol. The van der Waals surface area contributed by atoms with Crippen LogP contribution in [0.5, 0.6) is 0 Å². The van der Waals surface area contributed by atoms with Crippen molar-refractivity contribution >= 4 is 50.8 Å². The molecule has 0 bridgehead atoms. The van der Waals surface area contributed by atoms with E-state index < -0.39 is 6.04 Å². The Morgan fingerprint density at radius 3 is 2.79 bits per heavy atom. The molecule has 1 aliphatic rings. The SMILES string of the molecule is Cc1ccc(NC(=O)C2CSCN2C(=O)CCc2nc3ccccc3s2)cc1C. The van der Waals surface area contributed by atoms with Crippen LogP contribution in [0, 0.1) is 13.8 Å². The Morgan fingerprint density at radius 2 is 2.00 bits per heavy atom. The Morgan fingerprint density at radius 1 is 1.17 bits per heavy atom. The van der Waals surface area contributed by atoms with Crippen molar-refractivity contribution < 1.29 is 9.59 Å². The first-order valence-corrected chi connectivity index (χ1v) is 11.6. The van der Waals surface area contributed by atoms with Gasteiger partial charge in [-0.05, 0) is 49.2 Å². The van der Waals surface area contributed by atoms with Gasteiger partial charge in [0, 0.05) is 24.3 Å². The van der Waals surface area contributed by atoms with Crippen LogP contribution >= 0.6 is 23.1 Å². The summed E-state index contributed by atoms with van der Waals surface area (Å²) >= 11 is 3.25. The maximum Gasteiger partial charge on any atom is 0.248 e. The number of nitrogens with zero attached hydrogens (tertiary/aromatic N) is 2. The molecule has 1 aliphatic heterocycles. The molecule has 1 atom stereocenters. The molecule has 1 saturated heterocycles. The molecule has 1 N–H and O–H groups in total. The van der Waals surface area contributed by atoms with Crippen molar-refractivity contribution in [2.75, 3.05) is 16.9 Å². The fourth-order valence-electron chi connectivity index (χ4n) is 3.33. The number of carbonyl (C=O) groups is 2. The van der Waals surface area contributed by atoms with Gasteiger partial charge in [0.15, 0.2) is 0 Å². The lowest BCUT2D eigenvalue weighted by Crippen LogP contribution is -2.44. The van der Waals surface area contributed by atoms with Crippen molar-refractivity contribution in [1.29, 1.82) is 0 Å². The molecule has 0 saturated carbocycles. The first-order chi connectivity index (χ1) is 14.0. The second-order valence-electron chi connectivity index (χ2n) is 7.24. The predicted octanol–water partition coefficient (Wildman–Crippen LogP) is 4.39. The molecule has 29 heavy (non-hydrogen) atoms. The number of aromatic nitrogens is 1. The average molecular weight is 426 g/mol. The number of carbonyl (C=O) groups excluding carboxylic acids is 2. The maximum absolute atomic E-state index is 12.8. The van der Waals surface area contributed by atoms with Crippen molar-refractivity contribution in [2.45, 2.75) is 32.7 Å². The minimum atomic E-state index is -0.426. The van der Waals surface area contributed by atoms with Crippen LogP contribution in [-0.2, 0) is 16.0 Å². The van der Waals surface area contributed by atoms with Gasteiger partial charge in [-0.1, -0.05) is 18.2 Å². The highest BCUT2D eigenvalue weighted by molar-refractivity contribution is 7.99. The van der Waals surface area contributed by atoms with Gasteiger partial charge in [-0.2, -0.15) is 0 Å². The van der Waals surface area contributed by atoms with E-state index in [1.807, 2.05) is 56.3 Å². The van der Waals surface area contributed by atoms with Crippen LogP contribution in [0.25, 0.3) is 10.2 Å². The molecule has 150 valence electrons. The standard InChI is InChI=1S/C22H23N3O2S2/c1-14-7-8-16(11-15(14)2)23-22(27)18-12-28-13-25(18)21(26)10-9-20-24-17-5-3-4-6-19(17)29-20/h3-8,11,18H,9-10,12-13H2,1-2H3,(H,23,27). The number of fused-ring (bicyclic) bond motifs is 1. The fraction of sp³-hybridized carbons (Fsp3) is 0.318. The third kappa shape index (κ3) is 4.46. The summed E-state index contributed by atoms with van der Waals surface area (Å²) in [6.45, 7) is 4.06. The zero-order valence-corrected chi connectivity index (χ0v) is 18.1. The maximum atomic E-state index is 12.8. The van der Waals surface area contributed by atoms with Crippen molar-refractivity contribution in [3.63, 3.8) is 0 Å². The van der Waals surface area contributed by atoms with Crippen molar-refractivity contribution in [2.24, 2.45) is 0 Å². The number of nitrogens with one attached hydrogen (secondary N) is 1. The molecular formula is C22H23N3O2S2. The number of hydrogen-bond donors (Lipinski definition) is 1. The molecule has 2 amide bonds. The fourth-order valence-corrected chi connectivity index (χ4v) is 5.48. The summed E-state index contributed by atoms with van der Waals surface area (Å²) < 4.78 is 1.14. The molecule has 0 spiro atoms. The van der Waals surface area contributed by atoms with Gasteiger partial charge in [0.1, 0.15) is 6.04 Å². The summed E-state index contributed by atoms with van der Waals surface area (Å²) in [6, 6.07) is 13.4. The van der Waals surface area contributed by atoms with Gasteiger partial charge < -0.3 is 10.2 Å². The molecular weight excluding hydrogens is 402 g/mol. The van der Waals surface area contributed by atoms with Gasteiger partial charge in [0.2, 0.25) is 11.8 Å². The second-order valence-corrected chi connectivity index (χ2v) is 9.36. The lowest BCUT2D eigenvalue weighted by molar-refractivity contribution is -0.136. The number of anilines is 1. The van der Waals surface area contributed by atoms with E-state index in [1.165, 1.54) is 5.56 Å². The van der Waals surface area contributed by atoms with Crippen molar-refractivity contribution in [3.8, 4) is 0 Å². The van der Waals surface area contributed by atoms with Gasteiger partial charge in [-0.25, -0.2) is 4.98 Å². The number of amides is 2. The van der Waals surface area contributed by atoms with E-state index in [4.69, 9.17) is 0 Å². The van der Waals surface area contributed by atoms with Gasteiger partial charge in [-0.3, -0.25) is 9.59 Å². The minimum absolute atomic E-state index is 0.00879. The highest BCUT2D eigenvalue weighted by atomic mass is 32.2. The van der Waals surface area contributed by atoms with E-state index in [1.54, 1.807) is 28.0 Å². The summed E-state index contributed by atoms with van der Waals surface area (Å²) in [5.41, 5.74) is 4.07. The van der Waals surface area contributed by atoms with Crippen LogP contribution in [0.1, 0.15) is 22.6 Å². The van der Waals surface area contributed by atoms with E-state index in [0.29, 0.717) is 24.5 Å². The molecule has 5 nitrogen and oxygen atoms in total. The molecule has 4 rings (SSSR count). The second kappa shape index (κ2) is 8.55. The van der Waals surface area contributed by atoms with Crippen LogP contribution in [0.3, 0.4) is 0 Å². The largest absolute Gasteiger partial charge is 0.324 e. The van der Waals surface area contributed by atoms with Crippen LogP contribution in [0.15, 0.2) is 42.5 Å². The van der Waals surface area contributed by atoms with E-state index in [2.05, 4.69) is 10.3 Å². The molecule has 1 unspecified atom stereocenters. The number of aryl methyl sites for hydroxylation is 3. The molecule has 0 aliphatic carbocycles. The quantitative estimate of drug-likeness (QED) is 0.659. The van der Waals surface area contributed by atoms with Gasteiger partial charge in [0.25, 0.3) is 0 Å². The summed E-state index contributed by atoms with van der Waals surface area (Å²) in [4.78, 5) is 31.9. The van der Waals surface area contributed by atoms with Crippen LogP contribution in [0.2, 0.25) is 0 Å². The summed E-state index contributed by atoms with van der Waals surface area (Å²) in [5.74, 6) is 1.08. The number of hydrogen-bond acceptors (Lipinski definition) is 5. The Bertz CT molecular complexity index is 1030. The Hall–Kier alpha value is -2.38. The molecule has 2 heterocycles. The summed E-state index contributed by atoms with van der Waals surface area (Å²) in [5, 5.41) is 3.93. The zero-order valence-electron chi connectivity index (χ0n) is 16.5. The van der Waals surface area contributed by atoms with Crippen LogP contribution in [-0.4, -0.2) is 39.4 Å². The summed E-state index contributed by atoms with van der Waals surface area (Å²) in [6.07, 6.45) is 0.971. The Balaban J connectivity index is 1.38. The van der Waals surface area contributed by atoms with E-state index in [-0.39, 0.29) is 11.8 Å². The molecule has 0 radical (unpaired) electrons.